The molecule has 0 unspecified atom stereocenters. The van der Waals surface area contributed by atoms with Gasteiger partial charge in [0.15, 0.2) is 0 Å². The zero-order valence-electron chi connectivity index (χ0n) is 10.4. The first kappa shape index (κ1) is 12.7. The lowest BCUT2D eigenvalue weighted by molar-refractivity contribution is 0.430. The van der Waals surface area contributed by atoms with Crippen LogP contribution in [0.5, 0.6) is 0 Å². The second kappa shape index (κ2) is 5.70. The topological polar surface area (TPSA) is 44.0 Å². The third-order valence-electron chi connectivity index (χ3n) is 2.78. The third kappa shape index (κ3) is 2.72. The molecule has 0 heterocycles. The van der Waals surface area contributed by atoms with Crippen LogP contribution in [0, 0.1) is 11.3 Å². The van der Waals surface area contributed by atoms with E-state index in [1.54, 1.807) is 0 Å². The summed E-state index contributed by atoms with van der Waals surface area (Å²) in [4.78, 5) is 0. The minimum atomic E-state index is -0.217. The van der Waals surface area contributed by atoms with Crippen LogP contribution < -0.4 is 0 Å². The van der Waals surface area contributed by atoms with Crippen LogP contribution in [0.4, 0.5) is 0 Å². The van der Waals surface area contributed by atoms with Crippen molar-refractivity contribution >= 4 is 5.57 Å². The lowest BCUT2D eigenvalue weighted by Crippen LogP contribution is -1.95. The number of nitriles is 1. The number of benzene rings is 2. The van der Waals surface area contributed by atoms with Crippen LogP contribution in [0.2, 0.25) is 0 Å². The average molecular weight is 247 g/mol. The van der Waals surface area contributed by atoms with Crippen LogP contribution in [0.1, 0.15) is 11.1 Å². The van der Waals surface area contributed by atoms with E-state index in [9.17, 15) is 10.4 Å². The Kier molecular flexibility index (Phi) is 3.80. The van der Waals surface area contributed by atoms with E-state index in [4.69, 9.17) is 0 Å². The Labute approximate surface area is 112 Å². The minimum Gasteiger partial charge on any atom is -0.507 e. The molecule has 0 spiro atoms. The number of aliphatic hydroxyl groups excluding tert-OH is 1. The number of allylic oxidation sites excluding steroid dienone is 1. The van der Waals surface area contributed by atoms with Crippen molar-refractivity contribution in [1.82, 2.24) is 0 Å². The largest absolute Gasteiger partial charge is 0.507 e. The van der Waals surface area contributed by atoms with E-state index in [2.05, 4.69) is 6.58 Å². The first-order chi connectivity index (χ1) is 9.24. The van der Waals surface area contributed by atoms with E-state index >= 15 is 0 Å². The molecule has 0 aliphatic rings. The smallest absolute Gasteiger partial charge is 0.126 e. The summed E-state index contributed by atoms with van der Waals surface area (Å²) < 4.78 is 0. The van der Waals surface area contributed by atoms with Gasteiger partial charge >= 0.3 is 0 Å². The van der Waals surface area contributed by atoms with Gasteiger partial charge < -0.3 is 5.11 Å². The van der Waals surface area contributed by atoms with Crippen molar-refractivity contribution in [3.05, 3.63) is 89.7 Å². The van der Waals surface area contributed by atoms with Crippen molar-refractivity contribution in [1.29, 1.82) is 5.26 Å². The van der Waals surface area contributed by atoms with Crippen molar-refractivity contribution in [3.63, 3.8) is 0 Å². The predicted octanol–water partition coefficient (Wildman–Crippen LogP) is 4.08. The fraction of sp³-hybridized carbons (Fsp3) is 0. The van der Waals surface area contributed by atoms with Gasteiger partial charge in [-0.15, -0.1) is 0 Å². The second-order valence-electron chi connectivity index (χ2n) is 4.04. The molecule has 0 aliphatic heterocycles. The highest BCUT2D eigenvalue weighted by Gasteiger charge is 2.13. The highest BCUT2D eigenvalue weighted by atomic mass is 16.3. The lowest BCUT2D eigenvalue weighted by atomic mass is 9.93. The summed E-state index contributed by atoms with van der Waals surface area (Å²) >= 11 is 0. The summed E-state index contributed by atoms with van der Waals surface area (Å²) in [5.74, 6) is -0.217. The molecule has 0 atom stereocenters. The van der Waals surface area contributed by atoms with E-state index < -0.39 is 0 Å². The van der Waals surface area contributed by atoms with Crippen LogP contribution in [0.15, 0.2) is 78.6 Å². The Balaban J connectivity index is 2.73. The van der Waals surface area contributed by atoms with Crippen LogP contribution in [-0.4, -0.2) is 5.11 Å². The molecule has 2 rings (SSSR count). The Morgan fingerprint density at radius 1 is 0.895 bits per heavy atom. The fourth-order valence-electron chi connectivity index (χ4n) is 1.93. The maximum atomic E-state index is 9.63. The Bertz CT molecular complexity index is 607. The quantitative estimate of drug-likeness (QED) is 0.504. The minimum absolute atomic E-state index is 0.192. The Morgan fingerprint density at radius 2 is 1.32 bits per heavy atom. The van der Waals surface area contributed by atoms with E-state index in [0.29, 0.717) is 5.57 Å². The predicted molar refractivity (Wildman–Crippen MR) is 76.3 cm³/mol. The molecule has 0 aliphatic carbocycles. The molecular formula is C17H13NO. The summed E-state index contributed by atoms with van der Waals surface area (Å²) in [5.41, 5.74) is 2.63. The van der Waals surface area contributed by atoms with E-state index in [-0.39, 0.29) is 11.3 Å². The molecule has 1 N–H and O–H groups in total. The normalized spacial score (nSPS) is 9.42. The number of nitrogens with zero attached hydrogens (tertiary/aromatic N) is 1. The molecule has 0 fully saturated rings. The van der Waals surface area contributed by atoms with Crippen LogP contribution in [0.25, 0.3) is 5.57 Å². The van der Waals surface area contributed by atoms with Gasteiger partial charge in [-0.3, -0.25) is 0 Å². The SMILES string of the molecule is C=C(O)C(C#N)=C(c1ccccc1)c1ccccc1. The maximum Gasteiger partial charge on any atom is 0.126 e. The van der Waals surface area contributed by atoms with Crippen LogP contribution in [0.3, 0.4) is 0 Å². The first-order valence-corrected chi connectivity index (χ1v) is 5.87. The van der Waals surface area contributed by atoms with Gasteiger partial charge in [0.05, 0.1) is 0 Å². The molecule has 2 heteroatoms. The Hall–Kier alpha value is -2.79. The van der Waals surface area contributed by atoms with Crippen molar-refractivity contribution in [2.24, 2.45) is 0 Å². The molecule has 0 bridgehead atoms. The number of rotatable bonds is 3. The zero-order valence-corrected chi connectivity index (χ0v) is 10.4. The molecule has 19 heavy (non-hydrogen) atoms. The van der Waals surface area contributed by atoms with Gasteiger partial charge in [-0.25, -0.2) is 0 Å². The van der Waals surface area contributed by atoms with Gasteiger partial charge in [0.2, 0.25) is 0 Å². The van der Waals surface area contributed by atoms with E-state index in [1.807, 2.05) is 66.7 Å². The van der Waals surface area contributed by atoms with Gasteiger partial charge in [0.1, 0.15) is 17.4 Å². The van der Waals surface area contributed by atoms with E-state index in [0.717, 1.165) is 11.1 Å². The van der Waals surface area contributed by atoms with Gasteiger partial charge in [-0.05, 0) is 11.1 Å². The van der Waals surface area contributed by atoms with Gasteiger partial charge in [-0.1, -0.05) is 67.2 Å². The Morgan fingerprint density at radius 3 is 1.63 bits per heavy atom. The maximum absolute atomic E-state index is 9.63. The van der Waals surface area contributed by atoms with E-state index in [1.165, 1.54) is 0 Å². The van der Waals surface area contributed by atoms with Crippen LogP contribution >= 0.6 is 0 Å². The summed E-state index contributed by atoms with van der Waals surface area (Å²) in [6.45, 7) is 3.47. The highest BCUT2D eigenvalue weighted by Crippen LogP contribution is 2.28. The van der Waals surface area contributed by atoms with Gasteiger partial charge in [-0.2, -0.15) is 5.26 Å². The molecule has 0 saturated heterocycles. The number of hydrogen-bond donors (Lipinski definition) is 1. The third-order valence-corrected chi connectivity index (χ3v) is 2.78. The van der Waals surface area contributed by atoms with Crippen molar-refractivity contribution < 1.29 is 5.11 Å². The summed E-state index contributed by atoms with van der Waals surface area (Å²) in [5, 5.41) is 18.9. The van der Waals surface area contributed by atoms with Crippen molar-refractivity contribution in [2.75, 3.05) is 0 Å². The standard InChI is InChI=1S/C17H13NO/c1-13(19)16(12-18)17(14-8-4-2-5-9-14)15-10-6-3-7-11-15/h2-11,19H,1H2. The average Bonchev–Trinajstić information content (AvgIpc) is 2.46. The molecule has 92 valence electrons. The molecule has 2 nitrogen and oxygen atoms in total. The lowest BCUT2D eigenvalue weighted by Gasteiger charge is -2.11. The first-order valence-electron chi connectivity index (χ1n) is 5.87. The summed E-state index contributed by atoms with van der Waals surface area (Å²) in [7, 11) is 0. The van der Waals surface area contributed by atoms with Crippen LogP contribution in [-0.2, 0) is 0 Å². The summed E-state index contributed by atoms with van der Waals surface area (Å²) in [6.07, 6.45) is 0. The second-order valence-corrected chi connectivity index (χ2v) is 4.04. The molecular weight excluding hydrogens is 234 g/mol. The molecule has 2 aromatic rings. The molecule has 0 amide bonds. The monoisotopic (exact) mass is 247 g/mol. The molecule has 0 saturated carbocycles. The van der Waals surface area contributed by atoms with Gasteiger partial charge in [0.25, 0.3) is 0 Å². The van der Waals surface area contributed by atoms with Gasteiger partial charge in [0, 0.05) is 5.57 Å². The van der Waals surface area contributed by atoms with Crippen molar-refractivity contribution in [3.8, 4) is 6.07 Å². The molecule has 2 aromatic carbocycles. The summed E-state index contributed by atoms with van der Waals surface area (Å²) in [6, 6.07) is 21.1. The number of aliphatic hydroxyl groups is 1. The molecule has 0 radical (unpaired) electrons. The molecule has 0 aromatic heterocycles. The fourth-order valence-corrected chi connectivity index (χ4v) is 1.93. The van der Waals surface area contributed by atoms with Crippen molar-refractivity contribution in [2.45, 2.75) is 0 Å². The zero-order chi connectivity index (χ0) is 13.7. The number of hydrogen-bond acceptors (Lipinski definition) is 2. The highest BCUT2D eigenvalue weighted by molar-refractivity contribution is 5.86.